The first-order valence-electron chi connectivity index (χ1n) is 6.54. The van der Waals surface area contributed by atoms with Crippen LogP contribution < -0.4 is 0 Å². The fourth-order valence-electron chi connectivity index (χ4n) is 3.43. The van der Waals surface area contributed by atoms with E-state index in [0.29, 0.717) is 23.5 Å². The summed E-state index contributed by atoms with van der Waals surface area (Å²) in [6.45, 7) is 5.16. The number of ketones is 1. The average Bonchev–Trinajstić information content (AvgIpc) is 2.82. The molecule has 1 saturated carbocycles. The summed E-state index contributed by atoms with van der Waals surface area (Å²) in [5.74, 6) is 1.77. The molecular weight excluding hydrogens is 210 g/mol. The molecule has 2 nitrogen and oxygen atoms in total. The summed E-state index contributed by atoms with van der Waals surface area (Å²) in [6, 6.07) is 10.5. The molecule has 0 N–H and O–H groups in total. The second-order valence-electron chi connectivity index (χ2n) is 5.59. The normalized spacial score (nSPS) is 33.0. The summed E-state index contributed by atoms with van der Waals surface area (Å²) in [5.41, 5.74) is 1.35. The van der Waals surface area contributed by atoms with Crippen LogP contribution in [-0.4, -0.2) is 23.8 Å². The van der Waals surface area contributed by atoms with E-state index in [1.165, 1.54) is 5.56 Å². The van der Waals surface area contributed by atoms with Gasteiger partial charge in [-0.15, -0.1) is 0 Å². The summed E-state index contributed by atoms with van der Waals surface area (Å²) in [7, 11) is 0. The second-order valence-corrected chi connectivity index (χ2v) is 5.59. The van der Waals surface area contributed by atoms with Crippen molar-refractivity contribution >= 4 is 5.78 Å². The molecule has 0 spiro atoms. The molecule has 1 aromatic rings. The van der Waals surface area contributed by atoms with E-state index in [9.17, 15) is 4.79 Å². The molecule has 0 bridgehead atoms. The molecular formula is C15H19NO. The van der Waals surface area contributed by atoms with Gasteiger partial charge in [0.05, 0.1) is 0 Å². The lowest BCUT2D eigenvalue weighted by atomic mass is 10.0. The van der Waals surface area contributed by atoms with E-state index in [0.717, 1.165) is 26.1 Å². The molecule has 1 saturated heterocycles. The lowest BCUT2D eigenvalue weighted by Gasteiger charge is -2.17. The third kappa shape index (κ3) is 2.02. The molecule has 1 aromatic carbocycles. The fourth-order valence-corrected chi connectivity index (χ4v) is 3.43. The SMILES string of the molecule is CC1CC2CN(Cc3ccccc3)CC2C1=O. The predicted octanol–water partition coefficient (Wildman–Crippen LogP) is 2.34. The van der Waals surface area contributed by atoms with Gasteiger partial charge in [0.1, 0.15) is 5.78 Å². The number of hydrogen-bond acceptors (Lipinski definition) is 2. The number of Topliss-reactive ketones (excluding diaryl/α,β-unsaturated/α-hetero) is 1. The average molecular weight is 229 g/mol. The maximum Gasteiger partial charge on any atom is 0.140 e. The lowest BCUT2D eigenvalue weighted by Crippen LogP contribution is -2.24. The van der Waals surface area contributed by atoms with E-state index < -0.39 is 0 Å². The molecule has 2 aliphatic rings. The molecule has 0 aromatic heterocycles. The van der Waals surface area contributed by atoms with Gasteiger partial charge >= 0.3 is 0 Å². The first-order chi connectivity index (χ1) is 8.24. The summed E-state index contributed by atoms with van der Waals surface area (Å²) < 4.78 is 0. The third-order valence-corrected chi connectivity index (χ3v) is 4.27. The summed E-state index contributed by atoms with van der Waals surface area (Å²) in [4.78, 5) is 14.4. The van der Waals surface area contributed by atoms with Crippen LogP contribution in [-0.2, 0) is 11.3 Å². The van der Waals surface area contributed by atoms with Gasteiger partial charge in [-0.05, 0) is 17.9 Å². The molecule has 0 radical (unpaired) electrons. The van der Waals surface area contributed by atoms with Gasteiger partial charge in [-0.1, -0.05) is 37.3 Å². The Morgan fingerprint density at radius 3 is 2.71 bits per heavy atom. The van der Waals surface area contributed by atoms with Crippen LogP contribution >= 0.6 is 0 Å². The Morgan fingerprint density at radius 1 is 1.24 bits per heavy atom. The van der Waals surface area contributed by atoms with Crippen LogP contribution in [0.2, 0.25) is 0 Å². The number of benzene rings is 1. The summed E-state index contributed by atoms with van der Waals surface area (Å²) in [5, 5.41) is 0. The Kier molecular flexibility index (Phi) is 2.75. The number of carbonyl (C=O) groups excluding carboxylic acids is 1. The van der Waals surface area contributed by atoms with Crippen molar-refractivity contribution in [1.29, 1.82) is 0 Å². The molecule has 0 amide bonds. The van der Waals surface area contributed by atoms with Crippen LogP contribution in [0.5, 0.6) is 0 Å². The monoisotopic (exact) mass is 229 g/mol. The molecule has 1 aliphatic carbocycles. The first-order valence-corrected chi connectivity index (χ1v) is 6.54. The van der Waals surface area contributed by atoms with Gasteiger partial charge in [0, 0.05) is 31.5 Å². The van der Waals surface area contributed by atoms with E-state index in [2.05, 4.69) is 36.1 Å². The largest absolute Gasteiger partial charge is 0.299 e. The summed E-state index contributed by atoms with van der Waals surface area (Å²) >= 11 is 0. The van der Waals surface area contributed by atoms with Gasteiger partial charge in [-0.2, -0.15) is 0 Å². The van der Waals surface area contributed by atoms with E-state index in [1.807, 2.05) is 6.07 Å². The first kappa shape index (κ1) is 11.0. The van der Waals surface area contributed by atoms with Crippen molar-refractivity contribution in [2.75, 3.05) is 13.1 Å². The number of hydrogen-bond donors (Lipinski definition) is 0. The zero-order valence-corrected chi connectivity index (χ0v) is 10.3. The molecule has 3 unspecified atom stereocenters. The Hall–Kier alpha value is -1.15. The number of fused-ring (bicyclic) bond motifs is 1. The standard InChI is InChI=1S/C15H19NO/c1-11-7-13-9-16(10-14(13)15(11)17)8-12-5-3-2-4-6-12/h2-6,11,13-14H,7-10H2,1H3. The molecule has 1 aliphatic heterocycles. The van der Waals surface area contributed by atoms with E-state index in [1.54, 1.807) is 0 Å². The van der Waals surface area contributed by atoms with Crippen molar-refractivity contribution < 1.29 is 4.79 Å². The summed E-state index contributed by atoms with van der Waals surface area (Å²) in [6.07, 6.45) is 1.11. The van der Waals surface area contributed by atoms with Crippen molar-refractivity contribution in [3.8, 4) is 0 Å². The molecule has 17 heavy (non-hydrogen) atoms. The highest BCUT2D eigenvalue weighted by atomic mass is 16.1. The van der Waals surface area contributed by atoms with Gasteiger partial charge in [0.15, 0.2) is 0 Å². The minimum atomic E-state index is 0.309. The van der Waals surface area contributed by atoms with Gasteiger partial charge in [0.2, 0.25) is 0 Å². The van der Waals surface area contributed by atoms with E-state index in [-0.39, 0.29) is 0 Å². The van der Waals surface area contributed by atoms with Crippen LogP contribution in [0.1, 0.15) is 18.9 Å². The zero-order chi connectivity index (χ0) is 11.8. The fraction of sp³-hybridized carbons (Fsp3) is 0.533. The highest BCUT2D eigenvalue weighted by Crippen LogP contribution is 2.38. The minimum absolute atomic E-state index is 0.309. The van der Waals surface area contributed by atoms with Gasteiger partial charge in [-0.3, -0.25) is 9.69 Å². The smallest absolute Gasteiger partial charge is 0.140 e. The van der Waals surface area contributed by atoms with Gasteiger partial charge in [0.25, 0.3) is 0 Å². The van der Waals surface area contributed by atoms with Crippen LogP contribution in [0.15, 0.2) is 30.3 Å². The number of rotatable bonds is 2. The maximum atomic E-state index is 12.0. The number of nitrogens with zero attached hydrogens (tertiary/aromatic N) is 1. The molecule has 3 atom stereocenters. The number of carbonyl (C=O) groups is 1. The topological polar surface area (TPSA) is 20.3 Å². The second kappa shape index (κ2) is 4.26. The van der Waals surface area contributed by atoms with Crippen molar-refractivity contribution in [3.63, 3.8) is 0 Å². The Bertz CT molecular complexity index is 414. The highest BCUT2D eigenvalue weighted by molar-refractivity contribution is 5.86. The highest BCUT2D eigenvalue weighted by Gasteiger charge is 2.45. The van der Waals surface area contributed by atoms with Crippen molar-refractivity contribution in [2.45, 2.75) is 19.9 Å². The van der Waals surface area contributed by atoms with Crippen molar-refractivity contribution in [3.05, 3.63) is 35.9 Å². The van der Waals surface area contributed by atoms with Crippen LogP contribution in [0, 0.1) is 17.8 Å². The Morgan fingerprint density at radius 2 is 2.00 bits per heavy atom. The molecule has 2 heteroatoms. The predicted molar refractivity (Wildman–Crippen MR) is 67.5 cm³/mol. The molecule has 2 fully saturated rings. The quantitative estimate of drug-likeness (QED) is 0.776. The third-order valence-electron chi connectivity index (χ3n) is 4.27. The lowest BCUT2D eigenvalue weighted by molar-refractivity contribution is -0.123. The molecule has 90 valence electrons. The van der Waals surface area contributed by atoms with Crippen LogP contribution in [0.4, 0.5) is 0 Å². The van der Waals surface area contributed by atoms with E-state index in [4.69, 9.17) is 0 Å². The molecule has 1 heterocycles. The Labute approximate surface area is 103 Å². The van der Waals surface area contributed by atoms with Crippen LogP contribution in [0.25, 0.3) is 0 Å². The maximum absolute atomic E-state index is 12.0. The molecule has 3 rings (SSSR count). The van der Waals surface area contributed by atoms with Gasteiger partial charge in [-0.25, -0.2) is 0 Å². The van der Waals surface area contributed by atoms with E-state index >= 15 is 0 Å². The van der Waals surface area contributed by atoms with Crippen molar-refractivity contribution in [1.82, 2.24) is 4.90 Å². The Balaban J connectivity index is 1.65. The number of likely N-dealkylation sites (tertiary alicyclic amines) is 1. The van der Waals surface area contributed by atoms with Gasteiger partial charge < -0.3 is 0 Å². The van der Waals surface area contributed by atoms with Crippen LogP contribution in [0.3, 0.4) is 0 Å². The van der Waals surface area contributed by atoms with Crippen molar-refractivity contribution in [2.24, 2.45) is 17.8 Å². The zero-order valence-electron chi connectivity index (χ0n) is 10.3. The minimum Gasteiger partial charge on any atom is -0.299 e.